The Bertz CT molecular complexity index is 509. The van der Waals surface area contributed by atoms with E-state index in [1.165, 1.54) is 0 Å². The molecule has 4 nitrogen and oxygen atoms in total. The maximum Gasteiger partial charge on any atom is 0.263 e. The fourth-order valence-corrected chi connectivity index (χ4v) is 3.25. The summed E-state index contributed by atoms with van der Waals surface area (Å²) in [5, 5.41) is 10.1. The van der Waals surface area contributed by atoms with Crippen molar-refractivity contribution in [1.82, 2.24) is 4.90 Å². The molecule has 22 heavy (non-hydrogen) atoms. The number of aliphatic hydroxyl groups excluding tert-OH is 1. The van der Waals surface area contributed by atoms with E-state index in [4.69, 9.17) is 4.74 Å². The Morgan fingerprint density at radius 2 is 1.82 bits per heavy atom. The van der Waals surface area contributed by atoms with E-state index in [1.807, 2.05) is 26.0 Å². The third-order valence-corrected chi connectivity index (χ3v) is 4.39. The van der Waals surface area contributed by atoms with Crippen LogP contribution in [0.4, 0.5) is 0 Å². The van der Waals surface area contributed by atoms with Gasteiger partial charge in [-0.15, -0.1) is 0 Å². The van der Waals surface area contributed by atoms with Crippen LogP contribution in [0.3, 0.4) is 0 Å². The molecule has 0 aliphatic heterocycles. The predicted molar refractivity (Wildman–Crippen MR) is 87.0 cm³/mol. The molecule has 4 heteroatoms. The number of ether oxygens (including phenoxy) is 1. The molecule has 0 aromatic heterocycles. The largest absolute Gasteiger partial charge is 0.481 e. The van der Waals surface area contributed by atoms with Gasteiger partial charge in [0.25, 0.3) is 5.91 Å². The number of carbonyl (C=O) groups is 1. The summed E-state index contributed by atoms with van der Waals surface area (Å²) in [5.74, 6) is 0.640. The maximum atomic E-state index is 12.6. The summed E-state index contributed by atoms with van der Waals surface area (Å²) in [5.41, 5.74) is 2.23. The highest BCUT2D eigenvalue weighted by Gasteiger charge is 2.31. The normalized spacial score (nSPS) is 23.0. The van der Waals surface area contributed by atoms with E-state index in [0.717, 1.165) is 42.6 Å². The van der Waals surface area contributed by atoms with Gasteiger partial charge in [0.1, 0.15) is 5.75 Å². The van der Waals surface area contributed by atoms with Gasteiger partial charge >= 0.3 is 0 Å². The van der Waals surface area contributed by atoms with Crippen molar-refractivity contribution in [2.24, 2.45) is 0 Å². The average Bonchev–Trinajstić information content (AvgIpc) is 2.45. The predicted octanol–water partition coefficient (Wildman–Crippen LogP) is 2.83. The van der Waals surface area contributed by atoms with Gasteiger partial charge in [-0.05, 0) is 56.9 Å². The van der Waals surface area contributed by atoms with Crippen molar-refractivity contribution < 1.29 is 14.6 Å². The second kappa shape index (κ2) is 7.14. The molecule has 122 valence electrons. The molecule has 0 spiro atoms. The summed E-state index contributed by atoms with van der Waals surface area (Å²) >= 11 is 0. The van der Waals surface area contributed by atoms with Crippen molar-refractivity contribution in [1.29, 1.82) is 0 Å². The molecule has 1 fully saturated rings. The van der Waals surface area contributed by atoms with Crippen LogP contribution in [0.2, 0.25) is 0 Å². The number of rotatable bonds is 4. The van der Waals surface area contributed by atoms with Gasteiger partial charge in [-0.25, -0.2) is 0 Å². The summed E-state index contributed by atoms with van der Waals surface area (Å²) in [4.78, 5) is 14.2. The third-order valence-electron chi connectivity index (χ3n) is 4.39. The molecule has 1 saturated carbocycles. The molecular formula is C18H27NO3. The molecule has 2 rings (SSSR count). The molecule has 0 bridgehead atoms. The molecule has 1 aliphatic rings. The molecule has 0 saturated heterocycles. The number of carbonyl (C=O) groups excluding carboxylic acids is 1. The Hall–Kier alpha value is -1.55. The van der Waals surface area contributed by atoms with E-state index < -0.39 is 12.2 Å². The maximum absolute atomic E-state index is 12.6. The molecule has 3 atom stereocenters. The van der Waals surface area contributed by atoms with E-state index in [-0.39, 0.29) is 11.9 Å². The zero-order valence-corrected chi connectivity index (χ0v) is 14.0. The first-order chi connectivity index (χ1) is 10.4. The quantitative estimate of drug-likeness (QED) is 0.930. The molecule has 1 aromatic rings. The Morgan fingerprint density at radius 1 is 1.23 bits per heavy atom. The van der Waals surface area contributed by atoms with Gasteiger partial charge in [0.05, 0.1) is 12.1 Å². The van der Waals surface area contributed by atoms with Gasteiger partial charge in [-0.2, -0.15) is 0 Å². The molecule has 1 amide bonds. The Balaban J connectivity index is 2.01. The average molecular weight is 305 g/mol. The fourth-order valence-electron chi connectivity index (χ4n) is 3.25. The molecule has 0 unspecified atom stereocenters. The lowest BCUT2D eigenvalue weighted by Gasteiger charge is -2.36. The molecule has 0 radical (unpaired) electrons. The Kier molecular flexibility index (Phi) is 5.46. The second-order valence-electron chi connectivity index (χ2n) is 6.45. The van der Waals surface area contributed by atoms with Crippen molar-refractivity contribution >= 4 is 5.91 Å². The van der Waals surface area contributed by atoms with Crippen LogP contribution >= 0.6 is 0 Å². The number of nitrogens with zero attached hydrogens (tertiary/aromatic N) is 1. The minimum absolute atomic E-state index is 0.0786. The van der Waals surface area contributed by atoms with E-state index in [2.05, 4.69) is 6.07 Å². The highest BCUT2D eigenvalue weighted by molar-refractivity contribution is 5.81. The van der Waals surface area contributed by atoms with E-state index in [0.29, 0.717) is 0 Å². The van der Waals surface area contributed by atoms with Crippen LogP contribution in [-0.2, 0) is 4.79 Å². The van der Waals surface area contributed by atoms with Crippen molar-refractivity contribution in [3.63, 3.8) is 0 Å². The van der Waals surface area contributed by atoms with Crippen molar-refractivity contribution in [2.75, 3.05) is 7.05 Å². The summed E-state index contributed by atoms with van der Waals surface area (Å²) < 4.78 is 5.81. The van der Waals surface area contributed by atoms with Gasteiger partial charge in [0.15, 0.2) is 6.10 Å². The van der Waals surface area contributed by atoms with Crippen molar-refractivity contribution in [3.8, 4) is 5.75 Å². The smallest absolute Gasteiger partial charge is 0.263 e. The zero-order chi connectivity index (χ0) is 16.3. The van der Waals surface area contributed by atoms with Crippen molar-refractivity contribution in [3.05, 3.63) is 29.3 Å². The molecule has 0 heterocycles. The first-order valence-corrected chi connectivity index (χ1v) is 8.08. The van der Waals surface area contributed by atoms with Crippen LogP contribution in [0, 0.1) is 13.8 Å². The van der Waals surface area contributed by atoms with E-state index in [9.17, 15) is 9.90 Å². The molecule has 1 aromatic carbocycles. The lowest BCUT2D eigenvalue weighted by Crippen LogP contribution is -2.50. The number of likely N-dealkylation sites (N-methyl/N-ethyl adjacent to an activating group) is 1. The minimum atomic E-state index is -0.555. The van der Waals surface area contributed by atoms with Crippen LogP contribution in [0.1, 0.15) is 43.7 Å². The molecular weight excluding hydrogens is 278 g/mol. The fraction of sp³-hybridized carbons (Fsp3) is 0.611. The van der Waals surface area contributed by atoms with E-state index in [1.54, 1.807) is 18.9 Å². The first kappa shape index (κ1) is 16.8. The highest BCUT2D eigenvalue weighted by Crippen LogP contribution is 2.24. The van der Waals surface area contributed by atoms with Gasteiger partial charge in [-0.1, -0.05) is 18.9 Å². The Morgan fingerprint density at radius 3 is 2.41 bits per heavy atom. The van der Waals surface area contributed by atoms with Gasteiger partial charge in [0, 0.05) is 7.05 Å². The monoisotopic (exact) mass is 305 g/mol. The Labute approximate surface area is 133 Å². The van der Waals surface area contributed by atoms with Gasteiger partial charge in [0.2, 0.25) is 0 Å². The number of benzene rings is 1. The third kappa shape index (κ3) is 4.01. The summed E-state index contributed by atoms with van der Waals surface area (Å²) in [6.07, 6.45) is 2.75. The van der Waals surface area contributed by atoms with Crippen LogP contribution in [0.15, 0.2) is 18.2 Å². The number of amides is 1. The highest BCUT2D eigenvalue weighted by atomic mass is 16.5. The topological polar surface area (TPSA) is 49.8 Å². The lowest BCUT2D eigenvalue weighted by atomic mass is 9.91. The first-order valence-electron chi connectivity index (χ1n) is 8.08. The van der Waals surface area contributed by atoms with Gasteiger partial charge < -0.3 is 14.7 Å². The summed E-state index contributed by atoms with van der Waals surface area (Å²) in [6, 6.07) is 5.86. The van der Waals surface area contributed by atoms with Crippen LogP contribution in [0.5, 0.6) is 5.75 Å². The number of hydrogen-bond acceptors (Lipinski definition) is 3. The van der Waals surface area contributed by atoms with Crippen molar-refractivity contribution in [2.45, 2.75) is 64.7 Å². The van der Waals surface area contributed by atoms with E-state index >= 15 is 0 Å². The standard InChI is InChI=1S/C18H27NO3/c1-12-9-13(2)11-15(10-12)22-14(3)18(21)19(4)16-7-5-6-8-17(16)20/h9-11,14,16-17,20H,5-8H2,1-4H3/t14-,16+,17+/m1/s1. The number of aliphatic hydroxyl groups is 1. The number of hydrogen-bond donors (Lipinski definition) is 1. The summed E-state index contributed by atoms with van der Waals surface area (Å²) in [6.45, 7) is 5.79. The summed E-state index contributed by atoms with van der Waals surface area (Å²) in [7, 11) is 1.77. The zero-order valence-electron chi connectivity index (χ0n) is 14.0. The van der Waals surface area contributed by atoms with Crippen LogP contribution < -0.4 is 4.74 Å². The van der Waals surface area contributed by atoms with Crippen LogP contribution in [-0.4, -0.2) is 41.2 Å². The number of aryl methyl sites for hydroxylation is 2. The lowest BCUT2D eigenvalue weighted by molar-refractivity contribution is -0.142. The van der Waals surface area contributed by atoms with Gasteiger partial charge in [-0.3, -0.25) is 4.79 Å². The second-order valence-corrected chi connectivity index (χ2v) is 6.45. The molecule has 1 aliphatic carbocycles. The molecule has 1 N–H and O–H groups in total. The minimum Gasteiger partial charge on any atom is -0.481 e. The SMILES string of the molecule is Cc1cc(C)cc(O[C@H](C)C(=O)N(C)[C@H]2CCCC[C@@H]2O)c1. The van der Waals surface area contributed by atoms with Crippen LogP contribution in [0.25, 0.3) is 0 Å².